The van der Waals surface area contributed by atoms with Crippen LogP contribution in [0, 0.1) is 5.92 Å². The quantitative estimate of drug-likeness (QED) is 0.896. The molecule has 0 radical (unpaired) electrons. The maximum atomic E-state index is 3.78. The minimum atomic E-state index is 0.653. The van der Waals surface area contributed by atoms with E-state index in [1.54, 1.807) is 5.56 Å². The summed E-state index contributed by atoms with van der Waals surface area (Å²) >= 11 is 0. The first-order valence-electron chi connectivity index (χ1n) is 8.94. The number of fused-ring (bicyclic) bond motifs is 2. The second kappa shape index (κ2) is 6.10. The van der Waals surface area contributed by atoms with E-state index >= 15 is 0 Å². The lowest BCUT2D eigenvalue weighted by molar-refractivity contribution is 0.0521. The Morgan fingerprint density at radius 1 is 1.00 bits per heavy atom. The normalized spacial score (nSPS) is 33.2. The van der Waals surface area contributed by atoms with Gasteiger partial charge in [0.25, 0.3) is 0 Å². The van der Waals surface area contributed by atoms with Crippen molar-refractivity contribution in [2.24, 2.45) is 5.92 Å². The van der Waals surface area contributed by atoms with Crippen molar-refractivity contribution in [2.75, 3.05) is 13.1 Å². The van der Waals surface area contributed by atoms with Gasteiger partial charge >= 0.3 is 0 Å². The largest absolute Gasteiger partial charge is 0.308 e. The van der Waals surface area contributed by atoms with Gasteiger partial charge in [-0.25, -0.2) is 0 Å². The molecule has 3 atom stereocenters. The smallest absolute Gasteiger partial charge is 0.0238 e. The molecule has 114 valence electrons. The van der Waals surface area contributed by atoms with Crippen LogP contribution in [0.2, 0.25) is 0 Å². The lowest BCUT2D eigenvalue weighted by Gasteiger charge is -2.46. The molecule has 1 aliphatic carbocycles. The van der Waals surface area contributed by atoms with Crippen molar-refractivity contribution in [3.63, 3.8) is 0 Å². The van der Waals surface area contributed by atoms with Gasteiger partial charge in [-0.15, -0.1) is 0 Å². The Bertz CT molecular complexity index is 482. The third-order valence-electron chi connectivity index (χ3n) is 5.98. The van der Waals surface area contributed by atoms with Crippen molar-refractivity contribution in [1.82, 2.24) is 10.2 Å². The van der Waals surface area contributed by atoms with Crippen molar-refractivity contribution >= 4 is 0 Å². The van der Waals surface area contributed by atoms with Crippen molar-refractivity contribution < 1.29 is 0 Å². The van der Waals surface area contributed by atoms with Crippen LogP contribution in [0.25, 0.3) is 0 Å². The summed E-state index contributed by atoms with van der Waals surface area (Å²) in [5.74, 6) is 1.00. The van der Waals surface area contributed by atoms with E-state index in [1.807, 2.05) is 0 Å². The zero-order chi connectivity index (χ0) is 14.1. The van der Waals surface area contributed by atoms with Crippen molar-refractivity contribution in [3.05, 3.63) is 35.4 Å². The number of hydrogen-bond donors (Lipinski definition) is 1. The van der Waals surface area contributed by atoms with Crippen LogP contribution in [0.15, 0.2) is 24.3 Å². The van der Waals surface area contributed by atoms with E-state index < -0.39 is 0 Å². The molecule has 0 bridgehead atoms. The molecule has 2 nitrogen and oxygen atoms in total. The molecule has 3 unspecified atom stereocenters. The Morgan fingerprint density at radius 2 is 1.81 bits per heavy atom. The Balaban J connectivity index is 1.42. The van der Waals surface area contributed by atoms with Gasteiger partial charge in [0.2, 0.25) is 0 Å². The van der Waals surface area contributed by atoms with E-state index in [0.717, 1.165) is 18.5 Å². The van der Waals surface area contributed by atoms with Crippen LogP contribution < -0.4 is 5.32 Å². The predicted octanol–water partition coefficient (Wildman–Crippen LogP) is 3.36. The number of benzene rings is 1. The van der Waals surface area contributed by atoms with Gasteiger partial charge in [0.1, 0.15) is 0 Å². The number of piperidine rings is 1. The highest BCUT2D eigenvalue weighted by Crippen LogP contribution is 2.35. The molecule has 4 rings (SSSR count). The fourth-order valence-electron chi connectivity index (χ4n) is 4.89. The van der Waals surface area contributed by atoms with E-state index in [1.165, 1.54) is 63.6 Å². The molecule has 3 aliphatic rings. The summed E-state index contributed by atoms with van der Waals surface area (Å²) in [6.07, 6.45) is 10.00. The Morgan fingerprint density at radius 3 is 2.76 bits per heavy atom. The SMILES string of the molecule is c1ccc2c(c1)CNC(CN1CCCC3CCCCC31)C2. The lowest BCUT2D eigenvalue weighted by atomic mass is 9.78. The molecule has 2 aliphatic heterocycles. The number of nitrogens with zero attached hydrogens (tertiary/aromatic N) is 1. The number of hydrogen-bond acceptors (Lipinski definition) is 2. The maximum Gasteiger partial charge on any atom is 0.0238 e. The van der Waals surface area contributed by atoms with Crippen molar-refractivity contribution in [1.29, 1.82) is 0 Å². The summed E-state index contributed by atoms with van der Waals surface area (Å²) in [6.45, 7) is 3.65. The van der Waals surface area contributed by atoms with Crippen LogP contribution in [0.1, 0.15) is 49.7 Å². The van der Waals surface area contributed by atoms with Crippen molar-refractivity contribution in [3.8, 4) is 0 Å². The molecule has 0 spiro atoms. The first kappa shape index (κ1) is 13.8. The number of likely N-dealkylation sites (tertiary alicyclic amines) is 1. The monoisotopic (exact) mass is 284 g/mol. The van der Waals surface area contributed by atoms with Gasteiger partial charge in [-0.3, -0.25) is 4.90 Å². The van der Waals surface area contributed by atoms with E-state index in [4.69, 9.17) is 0 Å². The van der Waals surface area contributed by atoms with Gasteiger partial charge in [-0.2, -0.15) is 0 Å². The number of rotatable bonds is 2. The minimum absolute atomic E-state index is 0.653. The van der Waals surface area contributed by atoms with Crippen LogP contribution in [0.5, 0.6) is 0 Å². The highest BCUT2D eigenvalue weighted by atomic mass is 15.2. The van der Waals surface area contributed by atoms with Gasteiger partial charge in [-0.05, 0) is 55.7 Å². The van der Waals surface area contributed by atoms with Gasteiger partial charge in [0.05, 0.1) is 0 Å². The molecule has 0 aromatic heterocycles. The summed E-state index contributed by atoms with van der Waals surface area (Å²) in [7, 11) is 0. The summed E-state index contributed by atoms with van der Waals surface area (Å²) in [5, 5.41) is 3.78. The molecule has 1 aromatic carbocycles. The molecule has 21 heavy (non-hydrogen) atoms. The highest BCUT2D eigenvalue weighted by molar-refractivity contribution is 5.30. The molecular weight excluding hydrogens is 256 g/mol. The van der Waals surface area contributed by atoms with E-state index in [-0.39, 0.29) is 0 Å². The fourth-order valence-corrected chi connectivity index (χ4v) is 4.89. The topological polar surface area (TPSA) is 15.3 Å². The van der Waals surface area contributed by atoms with Gasteiger partial charge in [0.15, 0.2) is 0 Å². The summed E-state index contributed by atoms with van der Waals surface area (Å²) < 4.78 is 0. The van der Waals surface area contributed by atoms with Gasteiger partial charge in [0, 0.05) is 25.2 Å². The third kappa shape index (κ3) is 2.89. The zero-order valence-corrected chi connectivity index (χ0v) is 13.1. The van der Waals surface area contributed by atoms with Crippen molar-refractivity contribution in [2.45, 2.75) is 63.6 Å². The summed E-state index contributed by atoms with van der Waals surface area (Å²) in [4.78, 5) is 2.83. The third-order valence-corrected chi connectivity index (χ3v) is 5.98. The van der Waals surface area contributed by atoms with Crippen LogP contribution in [0.4, 0.5) is 0 Å². The van der Waals surface area contributed by atoms with Gasteiger partial charge in [-0.1, -0.05) is 37.1 Å². The summed E-state index contributed by atoms with van der Waals surface area (Å²) in [5.41, 5.74) is 3.07. The zero-order valence-electron chi connectivity index (χ0n) is 13.1. The minimum Gasteiger partial charge on any atom is -0.308 e. The molecule has 0 amide bonds. The molecule has 2 fully saturated rings. The second-order valence-corrected chi connectivity index (χ2v) is 7.30. The predicted molar refractivity (Wildman–Crippen MR) is 87.3 cm³/mol. The maximum absolute atomic E-state index is 3.78. The van der Waals surface area contributed by atoms with Gasteiger partial charge < -0.3 is 5.32 Å². The molecule has 1 N–H and O–H groups in total. The Kier molecular flexibility index (Phi) is 4.00. The average molecular weight is 284 g/mol. The van der Waals surface area contributed by atoms with Crippen LogP contribution in [-0.2, 0) is 13.0 Å². The van der Waals surface area contributed by atoms with E-state index in [0.29, 0.717) is 6.04 Å². The van der Waals surface area contributed by atoms with Crippen LogP contribution in [0.3, 0.4) is 0 Å². The average Bonchev–Trinajstić information content (AvgIpc) is 2.55. The standard InChI is InChI=1S/C19H28N2/c1-2-8-17-13-20-18(12-16(17)7-1)14-21-11-5-9-15-6-3-4-10-19(15)21/h1-2,7-8,15,18-20H,3-6,9-14H2. The van der Waals surface area contributed by atoms with Crippen LogP contribution in [-0.4, -0.2) is 30.1 Å². The first-order chi connectivity index (χ1) is 10.4. The summed E-state index contributed by atoms with van der Waals surface area (Å²) in [6, 6.07) is 10.5. The molecule has 2 heteroatoms. The molecule has 2 heterocycles. The fraction of sp³-hybridized carbons (Fsp3) is 0.684. The van der Waals surface area contributed by atoms with Crippen LogP contribution >= 0.6 is 0 Å². The Hall–Kier alpha value is -0.860. The highest BCUT2D eigenvalue weighted by Gasteiger charge is 2.34. The first-order valence-corrected chi connectivity index (χ1v) is 8.94. The molecule has 1 aromatic rings. The lowest BCUT2D eigenvalue weighted by Crippen LogP contribution is -2.53. The van der Waals surface area contributed by atoms with E-state index in [9.17, 15) is 0 Å². The molecule has 1 saturated heterocycles. The van der Waals surface area contributed by atoms with E-state index in [2.05, 4.69) is 34.5 Å². The number of nitrogens with one attached hydrogen (secondary N) is 1. The Labute approximate surface area is 128 Å². The molecular formula is C19H28N2. The second-order valence-electron chi connectivity index (χ2n) is 7.30. The molecule has 1 saturated carbocycles.